The summed E-state index contributed by atoms with van der Waals surface area (Å²) in [6, 6.07) is 5.78. The number of hydrogen-bond donors (Lipinski definition) is 1. The average molecular weight is 232 g/mol. The summed E-state index contributed by atoms with van der Waals surface area (Å²) in [4.78, 5) is 21.4. The molecule has 0 aliphatic rings. The molecule has 1 aromatic carbocycles. The lowest BCUT2D eigenvalue weighted by molar-refractivity contribution is -0.384. The summed E-state index contributed by atoms with van der Waals surface area (Å²) < 4.78 is 0. The first-order valence-corrected chi connectivity index (χ1v) is 4.98. The molecular weight excluding hydrogens is 220 g/mol. The number of carbonyl (C=O) groups excluding carboxylic acids is 1. The molecule has 5 heteroatoms. The van der Waals surface area contributed by atoms with E-state index in [1.807, 2.05) is 6.92 Å². The molecule has 88 valence electrons. The average Bonchev–Trinajstić information content (AvgIpc) is 2.29. The van der Waals surface area contributed by atoms with Crippen LogP contribution < -0.4 is 5.32 Å². The predicted octanol–water partition coefficient (Wildman–Crippen LogP) is 2.67. The van der Waals surface area contributed by atoms with Crippen LogP contribution in [0, 0.1) is 10.1 Å². The van der Waals surface area contributed by atoms with Gasteiger partial charge in [0, 0.05) is 23.9 Å². The molecule has 0 heterocycles. The second kappa shape index (κ2) is 6.22. The number of benzene rings is 1. The van der Waals surface area contributed by atoms with Crippen molar-refractivity contribution >= 4 is 17.3 Å². The standard InChI is InChI=1S/C12H12N2O3/c1-2-3-4-8-12(15)13-10-6-5-7-11(9-10)14(16)17/h2-9H,1H3,(H,13,15)/b3-2+,8-4+. The molecule has 17 heavy (non-hydrogen) atoms. The van der Waals surface area contributed by atoms with Crippen LogP contribution in [0.4, 0.5) is 11.4 Å². The Hall–Kier alpha value is -2.43. The van der Waals surface area contributed by atoms with Gasteiger partial charge in [-0.25, -0.2) is 0 Å². The van der Waals surface area contributed by atoms with E-state index in [2.05, 4.69) is 5.32 Å². The minimum absolute atomic E-state index is 0.0553. The Kier molecular flexibility index (Phi) is 4.62. The van der Waals surface area contributed by atoms with Crippen molar-refractivity contribution in [2.75, 3.05) is 5.32 Å². The second-order valence-electron chi connectivity index (χ2n) is 3.18. The highest BCUT2D eigenvalue weighted by Gasteiger charge is 2.06. The van der Waals surface area contributed by atoms with Crippen molar-refractivity contribution in [2.24, 2.45) is 0 Å². The number of amides is 1. The number of rotatable bonds is 4. The van der Waals surface area contributed by atoms with E-state index in [-0.39, 0.29) is 11.6 Å². The molecule has 0 aromatic heterocycles. The number of nitrogens with zero attached hydrogens (tertiary/aromatic N) is 1. The third kappa shape index (κ3) is 4.29. The molecule has 1 N–H and O–H groups in total. The lowest BCUT2D eigenvalue weighted by atomic mass is 10.3. The van der Waals surface area contributed by atoms with Gasteiger partial charge in [0.05, 0.1) is 4.92 Å². The van der Waals surface area contributed by atoms with Crippen molar-refractivity contribution in [3.05, 3.63) is 58.7 Å². The fraction of sp³-hybridized carbons (Fsp3) is 0.0833. The molecule has 0 aliphatic heterocycles. The van der Waals surface area contributed by atoms with Crippen LogP contribution in [-0.4, -0.2) is 10.8 Å². The lowest BCUT2D eigenvalue weighted by Crippen LogP contribution is -2.07. The molecular formula is C12H12N2O3. The number of non-ortho nitro benzene ring substituents is 1. The zero-order valence-electron chi connectivity index (χ0n) is 9.29. The minimum Gasteiger partial charge on any atom is -0.322 e. The van der Waals surface area contributed by atoms with Crippen LogP contribution in [0.5, 0.6) is 0 Å². The Balaban J connectivity index is 2.71. The zero-order chi connectivity index (χ0) is 12.7. The Bertz CT molecular complexity index is 478. The molecule has 0 fully saturated rings. The van der Waals surface area contributed by atoms with Gasteiger partial charge in [0.2, 0.25) is 5.91 Å². The van der Waals surface area contributed by atoms with Gasteiger partial charge in [0.15, 0.2) is 0 Å². The van der Waals surface area contributed by atoms with Crippen LogP contribution >= 0.6 is 0 Å². The van der Waals surface area contributed by atoms with Gasteiger partial charge >= 0.3 is 0 Å². The summed E-state index contributed by atoms with van der Waals surface area (Å²) >= 11 is 0. The second-order valence-corrected chi connectivity index (χ2v) is 3.18. The number of carbonyl (C=O) groups is 1. The van der Waals surface area contributed by atoms with Crippen LogP contribution in [0.2, 0.25) is 0 Å². The first kappa shape index (κ1) is 12.6. The summed E-state index contributed by atoms with van der Waals surface area (Å²) in [7, 11) is 0. The quantitative estimate of drug-likeness (QED) is 0.375. The highest BCUT2D eigenvalue weighted by Crippen LogP contribution is 2.16. The molecule has 1 rings (SSSR count). The maximum Gasteiger partial charge on any atom is 0.271 e. The van der Waals surface area contributed by atoms with Gasteiger partial charge in [-0.15, -0.1) is 0 Å². The number of nitrogens with one attached hydrogen (secondary N) is 1. The minimum atomic E-state index is -0.509. The molecule has 1 aromatic rings. The number of nitro benzene ring substituents is 1. The summed E-state index contributed by atoms with van der Waals surface area (Å²) in [6.07, 6.45) is 6.44. The van der Waals surface area contributed by atoms with Crippen LogP contribution in [0.15, 0.2) is 48.6 Å². The molecule has 0 saturated carbocycles. The lowest BCUT2D eigenvalue weighted by Gasteiger charge is -2.00. The van der Waals surface area contributed by atoms with Crippen LogP contribution in [-0.2, 0) is 4.79 Å². The maximum atomic E-state index is 11.4. The van der Waals surface area contributed by atoms with Crippen LogP contribution in [0.25, 0.3) is 0 Å². The van der Waals surface area contributed by atoms with Crippen molar-refractivity contribution in [2.45, 2.75) is 6.92 Å². The Labute approximate surface area is 98.6 Å². The van der Waals surface area contributed by atoms with Gasteiger partial charge in [-0.05, 0) is 13.0 Å². The summed E-state index contributed by atoms with van der Waals surface area (Å²) in [5.41, 5.74) is 0.342. The summed E-state index contributed by atoms with van der Waals surface area (Å²) in [5, 5.41) is 13.1. The third-order valence-corrected chi connectivity index (χ3v) is 1.88. The van der Waals surface area contributed by atoms with E-state index in [0.717, 1.165) is 0 Å². The molecule has 0 spiro atoms. The SMILES string of the molecule is C/C=C/C=C/C(=O)Nc1cccc([N+](=O)[O-])c1. The van der Waals surface area contributed by atoms with Crippen molar-refractivity contribution in [1.29, 1.82) is 0 Å². The molecule has 0 atom stereocenters. The summed E-state index contributed by atoms with van der Waals surface area (Å²) in [5.74, 6) is -0.330. The monoisotopic (exact) mass is 232 g/mol. The predicted molar refractivity (Wildman–Crippen MR) is 65.7 cm³/mol. The van der Waals surface area contributed by atoms with Crippen molar-refractivity contribution in [3.8, 4) is 0 Å². The Morgan fingerprint density at radius 2 is 2.18 bits per heavy atom. The van der Waals surface area contributed by atoms with Gasteiger partial charge in [-0.2, -0.15) is 0 Å². The summed E-state index contributed by atoms with van der Waals surface area (Å²) in [6.45, 7) is 1.84. The maximum absolute atomic E-state index is 11.4. The Morgan fingerprint density at radius 3 is 2.82 bits per heavy atom. The van der Waals surface area contributed by atoms with Gasteiger partial charge in [-0.1, -0.05) is 24.3 Å². The highest BCUT2D eigenvalue weighted by molar-refractivity contribution is 5.99. The Morgan fingerprint density at radius 1 is 1.41 bits per heavy atom. The number of anilines is 1. The van der Waals surface area contributed by atoms with Crippen molar-refractivity contribution in [3.63, 3.8) is 0 Å². The zero-order valence-corrected chi connectivity index (χ0v) is 9.29. The first-order valence-electron chi connectivity index (χ1n) is 4.98. The van der Waals surface area contributed by atoms with E-state index in [0.29, 0.717) is 5.69 Å². The van der Waals surface area contributed by atoms with Crippen molar-refractivity contribution < 1.29 is 9.72 Å². The third-order valence-electron chi connectivity index (χ3n) is 1.88. The molecule has 0 unspecified atom stereocenters. The van der Waals surface area contributed by atoms with Crippen LogP contribution in [0.1, 0.15) is 6.92 Å². The van der Waals surface area contributed by atoms with Crippen LogP contribution in [0.3, 0.4) is 0 Å². The molecule has 0 saturated heterocycles. The fourth-order valence-electron chi connectivity index (χ4n) is 1.14. The normalized spacial score (nSPS) is 10.9. The smallest absolute Gasteiger partial charge is 0.271 e. The van der Waals surface area contributed by atoms with E-state index in [9.17, 15) is 14.9 Å². The molecule has 0 bridgehead atoms. The molecule has 0 aliphatic carbocycles. The van der Waals surface area contributed by atoms with E-state index in [4.69, 9.17) is 0 Å². The first-order chi connectivity index (χ1) is 8.13. The highest BCUT2D eigenvalue weighted by atomic mass is 16.6. The van der Waals surface area contributed by atoms with E-state index in [1.54, 1.807) is 24.3 Å². The topological polar surface area (TPSA) is 72.2 Å². The largest absolute Gasteiger partial charge is 0.322 e. The van der Waals surface area contributed by atoms with E-state index >= 15 is 0 Å². The van der Waals surface area contributed by atoms with Gasteiger partial charge < -0.3 is 5.32 Å². The van der Waals surface area contributed by atoms with Crippen molar-refractivity contribution in [1.82, 2.24) is 0 Å². The van der Waals surface area contributed by atoms with Gasteiger partial charge in [0.1, 0.15) is 0 Å². The van der Waals surface area contributed by atoms with E-state index < -0.39 is 4.92 Å². The van der Waals surface area contributed by atoms with E-state index in [1.165, 1.54) is 24.3 Å². The number of hydrogen-bond acceptors (Lipinski definition) is 3. The molecule has 5 nitrogen and oxygen atoms in total. The van der Waals surface area contributed by atoms with Gasteiger partial charge in [-0.3, -0.25) is 14.9 Å². The number of allylic oxidation sites excluding steroid dienone is 3. The fourth-order valence-corrected chi connectivity index (χ4v) is 1.14. The molecule has 0 radical (unpaired) electrons. The van der Waals surface area contributed by atoms with Gasteiger partial charge in [0.25, 0.3) is 5.69 Å². The number of nitro groups is 1. The molecule has 1 amide bonds.